The normalized spacial score (nSPS) is 13.7. The summed E-state index contributed by atoms with van der Waals surface area (Å²) in [7, 11) is 3.48. The van der Waals surface area contributed by atoms with Crippen LogP contribution >= 0.6 is 0 Å². The van der Waals surface area contributed by atoms with Crippen LogP contribution in [0.2, 0.25) is 0 Å². The maximum Gasteiger partial charge on any atom is 0.324 e. The number of amides is 4. The number of nitrogens with zero attached hydrogens (tertiary/aromatic N) is 2. The summed E-state index contributed by atoms with van der Waals surface area (Å²) < 4.78 is 17.7. The predicted octanol–water partition coefficient (Wildman–Crippen LogP) is 5.54. The van der Waals surface area contributed by atoms with Gasteiger partial charge in [0.25, 0.3) is 0 Å². The number of carbonyl (C=O) groups excluding carboxylic acids is 3. The first-order chi connectivity index (χ1) is 20.3. The number of ether oxygens (including phenoxy) is 1. The molecule has 8 nitrogen and oxygen atoms in total. The Hall–Kier alpha value is -4.24. The smallest absolute Gasteiger partial charge is 0.324 e. The standard InChI is InChI=1S/C24H32N2O2.C9H9FN2O2/c1-25(17-18-28-2)24(27)26(23-11-7-4-8-12-23)19-20-13-15-22(16-14-20)21-9-5-3-6-10-21;10-7-3-1-6(2-4-7)8(9(11)14)12-5-13/h4,7-8,11-16,21H,3,5-6,9-10,17-19H2,1-2H3;1-5,8H,(H2,11,14)(H,12,13). The third kappa shape index (κ3) is 9.69. The minimum absolute atomic E-state index is 0.0143. The summed E-state index contributed by atoms with van der Waals surface area (Å²) in [4.78, 5) is 37.7. The number of methoxy groups -OCH3 is 1. The van der Waals surface area contributed by atoms with Crippen LogP contribution in [0, 0.1) is 5.82 Å². The third-order valence-corrected chi connectivity index (χ3v) is 7.38. The monoisotopic (exact) mass is 576 g/mol. The summed E-state index contributed by atoms with van der Waals surface area (Å²) >= 11 is 0. The number of para-hydroxylation sites is 1. The summed E-state index contributed by atoms with van der Waals surface area (Å²) in [6.45, 7) is 1.66. The summed E-state index contributed by atoms with van der Waals surface area (Å²) in [6, 6.07) is 23.0. The molecule has 3 aromatic rings. The van der Waals surface area contributed by atoms with Crippen molar-refractivity contribution in [3.05, 3.63) is 101 Å². The number of likely N-dealkylation sites (N-methyl/N-ethyl adjacent to an activating group) is 1. The number of urea groups is 1. The molecule has 9 heteroatoms. The molecule has 0 bridgehead atoms. The van der Waals surface area contributed by atoms with Crippen LogP contribution in [-0.4, -0.2) is 50.6 Å². The second kappa shape index (κ2) is 16.9. The zero-order valence-corrected chi connectivity index (χ0v) is 24.4. The number of halogens is 1. The van der Waals surface area contributed by atoms with E-state index in [0.717, 1.165) is 11.3 Å². The SMILES string of the molecule is COCCN(C)C(=O)N(Cc1ccc(C2CCCCC2)cc1)c1ccccc1.NC(=O)C(NC=O)c1ccc(F)cc1. The van der Waals surface area contributed by atoms with Crippen molar-refractivity contribution >= 4 is 24.0 Å². The first-order valence-corrected chi connectivity index (χ1v) is 14.2. The van der Waals surface area contributed by atoms with Crippen LogP contribution in [0.1, 0.15) is 60.8 Å². The van der Waals surface area contributed by atoms with Gasteiger partial charge in [-0.15, -0.1) is 0 Å². The average Bonchev–Trinajstić information content (AvgIpc) is 3.03. The van der Waals surface area contributed by atoms with Crippen LogP contribution in [0.4, 0.5) is 14.9 Å². The molecule has 1 aliphatic rings. The van der Waals surface area contributed by atoms with Gasteiger partial charge in [0, 0.05) is 26.4 Å². The minimum atomic E-state index is -0.909. The van der Waals surface area contributed by atoms with Gasteiger partial charge in [-0.3, -0.25) is 14.5 Å². The van der Waals surface area contributed by atoms with Crippen LogP contribution in [0.5, 0.6) is 0 Å². The van der Waals surface area contributed by atoms with Gasteiger partial charge >= 0.3 is 6.03 Å². The highest BCUT2D eigenvalue weighted by Crippen LogP contribution is 2.32. The van der Waals surface area contributed by atoms with E-state index >= 15 is 0 Å². The fourth-order valence-corrected chi connectivity index (χ4v) is 4.99. The van der Waals surface area contributed by atoms with Crippen molar-refractivity contribution < 1.29 is 23.5 Å². The first-order valence-electron chi connectivity index (χ1n) is 14.2. The van der Waals surface area contributed by atoms with Gasteiger partial charge in [0.2, 0.25) is 12.3 Å². The Labute approximate surface area is 247 Å². The van der Waals surface area contributed by atoms with Crippen molar-refractivity contribution in [3.63, 3.8) is 0 Å². The number of hydrogen-bond donors (Lipinski definition) is 2. The second-order valence-electron chi connectivity index (χ2n) is 10.4. The fourth-order valence-electron chi connectivity index (χ4n) is 4.99. The largest absolute Gasteiger partial charge is 0.383 e. The van der Waals surface area contributed by atoms with Gasteiger partial charge in [-0.05, 0) is 59.7 Å². The molecule has 4 rings (SSSR count). The van der Waals surface area contributed by atoms with Crippen molar-refractivity contribution in [1.82, 2.24) is 10.2 Å². The molecule has 1 fully saturated rings. The van der Waals surface area contributed by atoms with Gasteiger partial charge < -0.3 is 20.7 Å². The molecule has 3 N–H and O–H groups in total. The Balaban J connectivity index is 0.000000291. The van der Waals surface area contributed by atoms with Gasteiger partial charge in [-0.25, -0.2) is 9.18 Å². The molecule has 1 atom stereocenters. The zero-order valence-electron chi connectivity index (χ0n) is 24.4. The molecule has 0 saturated heterocycles. The third-order valence-electron chi connectivity index (χ3n) is 7.38. The molecule has 0 heterocycles. The van der Waals surface area contributed by atoms with E-state index in [1.165, 1.54) is 61.9 Å². The Morgan fingerprint density at radius 2 is 1.64 bits per heavy atom. The van der Waals surface area contributed by atoms with Crippen molar-refractivity contribution in [1.29, 1.82) is 0 Å². The molecule has 4 amide bonds. The van der Waals surface area contributed by atoms with Crippen molar-refractivity contribution in [3.8, 4) is 0 Å². The number of anilines is 1. The van der Waals surface area contributed by atoms with Crippen LogP contribution in [0.15, 0.2) is 78.9 Å². The maximum absolute atomic E-state index is 13.1. The van der Waals surface area contributed by atoms with Gasteiger partial charge in [-0.2, -0.15) is 0 Å². The minimum Gasteiger partial charge on any atom is -0.383 e. The average molecular weight is 577 g/mol. The van der Waals surface area contributed by atoms with Gasteiger partial charge in [0.1, 0.15) is 11.9 Å². The van der Waals surface area contributed by atoms with Crippen molar-refractivity contribution in [2.75, 3.05) is 32.2 Å². The molecule has 224 valence electrons. The molecule has 0 aromatic heterocycles. The lowest BCUT2D eigenvalue weighted by molar-refractivity contribution is -0.122. The van der Waals surface area contributed by atoms with Crippen LogP contribution in [0.3, 0.4) is 0 Å². The van der Waals surface area contributed by atoms with E-state index in [1.807, 2.05) is 42.3 Å². The zero-order chi connectivity index (χ0) is 30.3. The van der Waals surface area contributed by atoms with Crippen molar-refractivity contribution in [2.24, 2.45) is 5.73 Å². The fraction of sp³-hybridized carbons (Fsp3) is 0.364. The lowest BCUT2D eigenvalue weighted by Gasteiger charge is -2.28. The molecular formula is C33H41FN4O4. The molecular weight excluding hydrogens is 535 g/mol. The number of carbonyl (C=O) groups is 3. The highest BCUT2D eigenvalue weighted by molar-refractivity contribution is 5.91. The molecule has 1 saturated carbocycles. The summed E-state index contributed by atoms with van der Waals surface area (Å²) in [6.07, 6.45) is 7.04. The first kappa shape index (κ1) is 32.3. The Kier molecular flexibility index (Phi) is 13.0. The van der Waals surface area contributed by atoms with Gasteiger partial charge in [-0.1, -0.05) is 73.9 Å². The highest BCUT2D eigenvalue weighted by atomic mass is 19.1. The van der Waals surface area contributed by atoms with E-state index in [4.69, 9.17) is 10.5 Å². The van der Waals surface area contributed by atoms with Gasteiger partial charge in [0.05, 0.1) is 13.2 Å². The number of primary amides is 1. The van der Waals surface area contributed by atoms with E-state index in [9.17, 15) is 18.8 Å². The summed E-state index contributed by atoms with van der Waals surface area (Å²) in [5.41, 5.74) is 8.99. The van der Waals surface area contributed by atoms with Crippen LogP contribution < -0.4 is 16.0 Å². The van der Waals surface area contributed by atoms with E-state index in [1.54, 1.807) is 12.0 Å². The topological polar surface area (TPSA) is 105 Å². The Bertz CT molecular complexity index is 1250. The Morgan fingerprint density at radius 3 is 2.21 bits per heavy atom. The van der Waals surface area contributed by atoms with E-state index in [2.05, 4.69) is 29.6 Å². The number of benzene rings is 3. The Morgan fingerprint density at radius 1 is 1.00 bits per heavy atom. The number of nitrogens with two attached hydrogens (primary N) is 1. The van der Waals surface area contributed by atoms with E-state index in [-0.39, 0.29) is 6.03 Å². The molecule has 3 aromatic carbocycles. The molecule has 0 radical (unpaired) electrons. The van der Waals surface area contributed by atoms with Crippen molar-refractivity contribution in [2.45, 2.75) is 50.6 Å². The number of hydrogen-bond acceptors (Lipinski definition) is 4. The lowest BCUT2D eigenvalue weighted by Crippen LogP contribution is -2.42. The van der Waals surface area contributed by atoms with Crippen LogP contribution in [0.25, 0.3) is 0 Å². The summed E-state index contributed by atoms with van der Waals surface area (Å²) in [5, 5.41) is 2.24. The van der Waals surface area contributed by atoms with E-state index < -0.39 is 17.8 Å². The number of rotatable bonds is 11. The lowest BCUT2D eigenvalue weighted by atomic mass is 9.84. The molecule has 1 unspecified atom stereocenters. The number of nitrogens with one attached hydrogen (secondary N) is 1. The molecule has 42 heavy (non-hydrogen) atoms. The van der Waals surface area contributed by atoms with Gasteiger partial charge in [0.15, 0.2) is 0 Å². The molecule has 0 aliphatic heterocycles. The molecule has 1 aliphatic carbocycles. The van der Waals surface area contributed by atoms with E-state index in [0.29, 0.717) is 37.6 Å². The quantitative estimate of drug-likeness (QED) is 0.293. The predicted molar refractivity (Wildman–Crippen MR) is 162 cm³/mol. The highest BCUT2D eigenvalue weighted by Gasteiger charge is 2.21. The maximum atomic E-state index is 13.1. The molecule has 0 spiro atoms. The second-order valence-corrected chi connectivity index (χ2v) is 10.4. The van der Waals surface area contributed by atoms with Crippen LogP contribution in [-0.2, 0) is 20.9 Å². The summed E-state index contributed by atoms with van der Waals surface area (Å²) in [5.74, 6) is -0.401.